The highest BCUT2D eigenvalue weighted by Gasteiger charge is 2.49. The van der Waals surface area contributed by atoms with E-state index in [1.165, 1.54) is 14.2 Å². The normalized spacial score (nSPS) is 14.6. The fourth-order valence-corrected chi connectivity index (χ4v) is 3.59. The predicted molar refractivity (Wildman–Crippen MR) is 62.5 cm³/mol. The summed E-state index contributed by atoms with van der Waals surface area (Å²) in [5.74, 6) is 0. The van der Waals surface area contributed by atoms with Gasteiger partial charge in [0.1, 0.15) is 6.10 Å². The lowest BCUT2D eigenvalue weighted by Gasteiger charge is -2.30. The number of rotatable bonds is 5. The summed E-state index contributed by atoms with van der Waals surface area (Å²) >= 11 is 0. The lowest BCUT2D eigenvalue weighted by Crippen LogP contribution is -2.58. The van der Waals surface area contributed by atoms with E-state index in [0.717, 1.165) is 6.92 Å². The lowest BCUT2D eigenvalue weighted by atomic mass is 10.4. The molecule has 102 valence electrons. The Kier molecular flexibility index (Phi) is 4.91. The maximum Gasteiger partial charge on any atom is 0.537 e. The first-order chi connectivity index (χ1) is 8.35. The molecule has 0 fully saturated rings. The molecule has 0 aliphatic heterocycles. The van der Waals surface area contributed by atoms with Crippen LogP contribution in [0.25, 0.3) is 0 Å². The summed E-state index contributed by atoms with van der Waals surface area (Å²) in [5, 5.41) is 0.492. The van der Waals surface area contributed by atoms with Crippen molar-refractivity contribution in [1.82, 2.24) is 0 Å². The van der Waals surface area contributed by atoms with Gasteiger partial charge >= 0.3 is 15.0 Å². The van der Waals surface area contributed by atoms with Crippen LogP contribution in [0.2, 0.25) is 0 Å². The van der Waals surface area contributed by atoms with Crippen LogP contribution in [0.4, 0.5) is 13.2 Å². The number of benzene rings is 1. The van der Waals surface area contributed by atoms with Gasteiger partial charge in [-0.2, -0.15) is 13.2 Å². The lowest BCUT2D eigenvalue weighted by molar-refractivity contribution is -0.199. The van der Waals surface area contributed by atoms with Gasteiger partial charge in [0.2, 0.25) is 0 Å². The van der Waals surface area contributed by atoms with Crippen molar-refractivity contribution < 1.29 is 26.4 Å². The summed E-state index contributed by atoms with van der Waals surface area (Å²) in [6.07, 6.45) is -6.41. The molecule has 0 amide bonds. The Morgan fingerprint density at radius 1 is 1.06 bits per heavy atom. The maximum absolute atomic E-state index is 12.6. The zero-order valence-corrected chi connectivity index (χ0v) is 11.3. The van der Waals surface area contributed by atoms with Crippen molar-refractivity contribution in [1.29, 1.82) is 0 Å². The van der Waals surface area contributed by atoms with E-state index in [0.29, 0.717) is 5.19 Å². The number of hydrogen-bond donors (Lipinski definition) is 0. The van der Waals surface area contributed by atoms with Crippen LogP contribution < -0.4 is 5.19 Å². The molecule has 0 saturated heterocycles. The van der Waals surface area contributed by atoms with Gasteiger partial charge in [-0.1, -0.05) is 30.3 Å². The molecule has 1 atom stereocenters. The Balaban J connectivity index is 3.02. The van der Waals surface area contributed by atoms with E-state index < -0.39 is 21.1 Å². The minimum atomic E-state index is -4.45. The zero-order valence-electron chi connectivity index (χ0n) is 10.3. The molecule has 0 heterocycles. The molecule has 0 radical (unpaired) electrons. The second kappa shape index (κ2) is 5.83. The largest absolute Gasteiger partial charge is 0.537 e. The Bertz CT molecular complexity index is 366. The Morgan fingerprint density at radius 3 is 1.94 bits per heavy atom. The molecule has 0 saturated carbocycles. The Hall–Kier alpha value is -0.893. The molecule has 7 heteroatoms. The highest BCUT2D eigenvalue weighted by molar-refractivity contribution is 6.75. The Morgan fingerprint density at radius 2 is 1.56 bits per heavy atom. The third-order valence-corrected chi connectivity index (χ3v) is 5.24. The zero-order chi connectivity index (χ0) is 13.8. The first-order valence-corrected chi connectivity index (χ1v) is 6.98. The molecule has 0 aliphatic rings. The van der Waals surface area contributed by atoms with Crippen LogP contribution in [0.3, 0.4) is 0 Å². The maximum atomic E-state index is 12.6. The first-order valence-electron chi connectivity index (χ1n) is 5.26. The molecule has 1 aromatic carbocycles. The van der Waals surface area contributed by atoms with Crippen molar-refractivity contribution in [2.45, 2.75) is 19.2 Å². The van der Waals surface area contributed by atoms with Crippen LogP contribution in [0.5, 0.6) is 0 Å². The van der Waals surface area contributed by atoms with Gasteiger partial charge in [-0.25, -0.2) is 0 Å². The van der Waals surface area contributed by atoms with E-state index in [-0.39, 0.29) is 0 Å². The van der Waals surface area contributed by atoms with Crippen molar-refractivity contribution in [3.63, 3.8) is 0 Å². The molecule has 1 rings (SSSR count). The van der Waals surface area contributed by atoms with E-state index in [9.17, 15) is 13.2 Å². The van der Waals surface area contributed by atoms with Crippen LogP contribution in [0.1, 0.15) is 6.92 Å². The smallest absolute Gasteiger partial charge is 0.373 e. The van der Waals surface area contributed by atoms with Crippen LogP contribution in [-0.2, 0) is 13.3 Å². The number of alkyl halides is 3. The van der Waals surface area contributed by atoms with Gasteiger partial charge < -0.3 is 13.3 Å². The van der Waals surface area contributed by atoms with Crippen molar-refractivity contribution in [3.05, 3.63) is 30.3 Å². The average molecular weight is 280 g/mol. The van der Waals surface area contributed by atoms with Gasteiger partial charge in [0, 0.05) is 19.4 Å². The highest BCUT2D eigenvalue weighted by Crippen LogP contribution is 2.25. The van der Waals surface area contributed by atoms with Crippen molar-refractivity contribution in [3.8, 4) is 0 Å². The summed E-state index contributed by atoms with van der Waals surface area (Å²) in [6, 6.07) is 8.39. The molecule has 0 aromatic heterocycles. The van der Waals surface area contributed by atoms with Gasteiger partial charge in [0.05, 0.1) is 0 Å². The SMILES string of the molecule is CO[Si](OC)(OC(C)C(F)(F)F)c1ccccc1. The van der Waals surface area contributed by atoms with Crippen LogP contribution in [0.15, 0.2) is 30.3 Å². The van der Waals surface area contributed by atoms with Gasteiger partial charge in [0.25, 0.3) is 0 Å². The van der Waals surface area contributed by atoms with E-state index in [1.54, 1.807) is 30.3 Å². The van der Waals surface area contributed by atoms with Crippen LogP contribution >= 0.6 is 0 Å². The summed E-state index contributed by atoms with van der Waals surface area (Å²) in [7, 11) is -0.945. The van der Waals surface area contributed by atoms with Gasteiger partial charge in [-0.3, -0.25) is 0 Å². The van der Waals surface area contributed by atoms with Crippen molar-refractivity contribution in [2.24, 2.45) is 0 Å². The highest BCUT2D eigenvalue weighted by atomic mass is 28.4. The summed E-state index contributed by atoms with van der Waals surface area (Å²) in [6.45, 7) is 0.933. The topological polar surface area (TPSA) is 27.7 Å². The molecule has 0 N–H and O–H groups in total. The molecule has 1 aromatic rings. The molecular weight excluding hydrogens is 265 g/mol. The second-order valence-corrected chi connectivity index (χ2v) is 6.37. The molecule has 0 aliphatic carbocycles. The molecule has 1 unspecified atom stereocenters. The van der Waals surface area contributed by atoms with E-state index >= 15 is 0 Å². The van der Waals surface area contributed by atoms with E-state index in [4.69, 9.17) is 13.3 Å². The Labute approximate surface area is 105 Å². The van der Waals surface area contributed by atoms with Crippen LogP contribution in [-0.4, -0.2) is 35.3 Å². The predicted octanol–water partition coefficient (Wildman–Crippen LogP) is 2.09. The fraction of sp³-hybridized carbons (Fsp3) is 0.455. The van der Waals surface area contributed by atoms with Gasteiger partial charge in [-0.15, -0.1) is 0 Å². The second-order valence-electron chi connectivity index (χ2n) is 3.63. The molecule has 18 heavy (non-hydrogen) atoms. The fourth-order valence-electron chi connectivity index (χ4n) is 1.43. The molecule has 0 bridgehead atoms. The van der Waals surface area contributed by atoms with Crippen molar-refractivity contribution >= 4 is 14.0 Å². The molecule has 0 spiro atoms. The van der Waals surface area contributed by atoms with Crippen LogP contribution in [0, 0.1) is 0 Å². The van der Waals surface area contributed by atoms with Crippen molar-refractivity contribution in [2.75, 3.05) is 14.2 Å². The quantitative estimate of drug-likeness (QED) is 0.773. The third-order valence-electron chi connectivity index (χ3n) is 2.46. The minimum Gasteiger partial charge on any atom is -0.373 e. The first kappa shape index (κ1) is 15.2. The van der Waals surface area contributed by atoms with Gasteiger partial charge in [0.15, 0.2) is 0 Å². The van der Waals surface area contributed by atoms with E-state index in [2.05, 4.69) is 0 Å². The summed E-state index contributed by atoms with van der Waals surface area (Å²) in [5.41, 5.74) is 0. The number of halogens is 3. The van der Waals surface area contributed by atoms with Gasteiger partial charge in [-0.05, 0) is 6.92 Å². The number of hydrogen-bond acceptors (Lipinski definition) is 3. The minimum absolute atomic E-state index is 0.492. The molecular formula is C11H15F3O3Si. The summed E-state index contributed by atoms with van der Waals surface area (Å²) < 4.78 is 53.0. The third kappa shape index (κ3) is 3.32. The standard InChI is InChI=1S/C11H15F3O3Si/c1-9(11(12,13)14)17-18(15-2,16-3)10-7-5-4-6-8-10/h4-9H,1-3H3. The summed E-state index contributed by atoms with van der Waals surface area (Å²) in [4.78, 5) is 0. The average Bonchev–Trinajstić information content (AvgIpc) is 2.35. The monoisotopic (exact) mass is 280 g/mol. The van der Waals surface area contributed by atoms with E-state index in [1.807, 2.05) is 0 Å². The molecule has 3 nitrogen and oxygen atoms in total.